The number of carboxylic acid groups (broad SMARTS) is 1. The van der Waals surface area contributed by atoms with E-state index < -0.39 is 29.6 Å². The van der Waals surface area contributed by atoms with Gasteiger partial charge in [0, 0.05) is 112 Å². The molecule has 0 spiro atoms. The van der Waals surface area contributed by atoms with E-state index in [0.29, 0.717) is 108 Å². The minimum absolute atomic E-state index is 0.0933. The number of ketones is 2. The number of likely N-dealkylation sites (tertiary alicyclic amines) is 1. The van der Waals surface area contributed by atoms with Crippen LogP contribution in [0.15, 0.2) is 275 Å². The number of piperidine rings is 1. The Hall–Kier alpha value is -12.6. The van der Waals surface area contributed by atoms with Gasteiger partial charge in [-0.25, -0.2) is 4.98 Å². The van der Waals surface area contributed by atoms with Crippen molar-refractivity contribution >= 4 is 127 Å². The summed E-state index contributed by atoms with van der Waals surface area (Å²) in [5.74, 6) is 0.216. The van der Waals surface area contributed by atoms with E-state index in [0.717, 1.165) is 105 Å². The lowest BCUT2D eigenvalue weighted by Crippen LogP contribution is -2.36. The number of H-pyrrole nitrogens is 1. The Bertz CT molecular complexity index is 6170. The van der Waals surface area contributed by atoms with E-state index >= 15 is 0 Å². The minimum atomic E-state index is -0.922. The molecule has 6 heterocycles. The summed E-state index contributed by atoms with van der Waals surface area (Å²) in [6, 6.07) is 66.3. The third kappa shape index (κ3) is 20.9. The fourth-order valence-corrected chi connectivity index (χ4v) is 17.7. The third-order valence-corrected chi connectivity index (χ3v) is 24.4. The predicted octanol–water partition coefficient (Wildman–Crippen LogP) is 20.8. The number of hydrogen-bond donors (Lipinski definition) is 5. The lowest BCUT2D eigenvalue weighted by atomic mass is 9.65. The number of anilines is 3. The first kappa shape index (κ1) is 85.8. The molecule has 622 valence electrons. The molecule has 0 saturated carbocycles. The van der Waals surface area contributed by atoms with Gasteiger partial charge < -0.3 is 53.5 Å². The number of nitrogens with one attached hydrogen (secondary N) is 4. The van der Waals surface area contributed by atoms with Crippen LogP contribution in [-0.4, -0.2) is 102 Å². The smallest absolute Gasteiger partial charge is 0.307 e. The number of ether oxygens (including phenoxy) is 1. The van der Waals surface area contributed by atoms with Crippen molar-refractivity contribution in [1.29, 1.82) is 0 Å². The number of methoxy groups -OCH3 is 1. The van der Waals surface area contributed by atoms with Crippen LogP contribution in [0.3, 0.4) is 0 Å². The molecule has 17 rings (SSSR count). The molecule has 0 bridgehead atoms. The van der Waals surface area contributed by atoms with Gasteiger partial charge in [-0.3, -0.25) is 38.4 Å². The van der Waals surface area contributed by atoms with Crippen LogP contribution in [0.25, 0.3) is 44.7 Å². The number of benzene rings is 8. The fraction of sp³-hybridized carbons (Fsp3) is 0.240. The Morgan fingerprint density at radius 3 is 2.07 bits per heavy atom. The molecule has 3 aliphatic carbocycles. The number of rotatable bonds is 20. The van der Waals surface area contributed by atoms with E-state index in [4.69, 9.17) is 46.2 Å². The molecule has 0 radical (unpaired) electrons. The molecule has 26 heteroatoms. The second-order valence-electron chi connectivity index (χ2n) is 31.2. The highest BCUT2D eigenvalue weighted by Gasteiger charge is 2.43. The van der Waals surface area contributed by atoms with Gasteiger partial charge in [0.05, 0.1) is 47.2 Å². The van der Waals surface area contributed by atoms with E-state index in [1.54, 1.807) is 92.0 Å². The van der Waals surface area contributed by atoms with E-state index in [1.807, 2.05) is 152 Å². The van der Waals surface area contributed by atoms with Gasteiger partial charge in [0.25, 0.3) is 17.4 Å². The van der Waals surface area contributed by atoms with Crippen LogP contribution in [-0.2, 0) is 44.8 Å². The summed E-state index contributed by atoms with van der Waals surface area (Å²) in [6.07, 6.45) is 7.82. The second-order valence-corrected chi connectivity index (χ2v) is 33.9. The number of furan rings is 3. The molecule has 4 aliphatic rings. The van der Waals surface area contributed by atoms with Crippen LogP contribution in [0.2, 0.25) is 10.0 Å². The van der Waals surface area contributed by atoms with Crippen molar-refractivity contribution in [3.63, 3.8) is 0 Å². The normalized spacial score (nSPS) is 15.9. The molecule has 1 aliphatic heterocycles. The van der Waals surface area contributed by atoms with Crippen LogP contribution in [0.1, 0.15) is 138 Å². The Labute approximate surface area is 722 Å². The van der Waals surface area contributed by atoms with Crippen LogP contribution in [0.5, 0.6) is 5.75 Å². The zero-order valence-electron chi connectivity index (χ0n) is 67.9. The first-order chi connectivity index (χ1) is 58.9. The van der Waals surface area contributed by atoms with E-state index in [2.05, 4.69) is 57.1 Å². The fourth-order valence-electron chi connectivity index (χ4n) is 15.5. The predicted molar refractivity (Wildman–Crippen MR) is 476 cm³/mol. The highest BCUT2D eigenvalue weighted by molar-refractivity contribution is 7.99. The number of halogens is 2. The van der Waals surface area contributed by atoms with Crippen molar-refractivity contribution < 1.29 is 56.7 Å². The van der Waals surface area contributed by atoms with Gasteiger partial charge in [-0.2, -0.15) is 0 Å². The summed E-state index contributed by atoms with van der Waals surface area (Å²) in [5.41, 5.74) is 13.5. The molecule has 3 atom stereocenters. The first-order valence-corrected chi connectivity index (χ1v) is 42.7. The van der Waals surface area contributed by atoms with Crippen molar-refractivity contribution in [2.24, 2.45) is 24.3 Å². The lowest BCUT2D eigenvalue weighted by Gasteiger charge is -2.38. The van der Waals surface area contributed by atoms with Gasteiger partial charge in [-0.15, -0.1) is 10.2 Å². The number of aromatic amines is 1. The van der Waals surface area contributed by atoms with Crippen LogP contribution in [0, 0.1) is 17.3 Å². The Morgan fingerprint density at radius 1 is 0.648 bits per heavy atom. The largest absolute Gasteiger partial charge is 0.497 e. The third-order valence-electron chi connectivity index (χ3n) is 21.9. The zero-order chi connectivity index (χ0) is 85.7. The van der Waals surface area contributed by atoms with E-state index in [-0.39, 0.29) is 52.4 Å². The Balaban J connectivity index is 0.000000133. The van der Waals surface area contributed by atoms with Crippen molar-refractivity contribution in [2.75, 3.05) is 41.9 Å². The Kier molecular flexibility index (Phi) is 27.3. The SMILES string of the molecule is CC1=C(C)CC(C(=O)Nc2ccc3c(c2)oc2ccccc23)C(C(=O)O)C1.COc1ccc(C2C3=C(Cc4nc(SCc5ccccc5)[nH]c(=O)c42)CC(C)(C)CC3=O)cc1.Cn1c(SCC(=O)N2CCCCC2)nnc1-c1cccc(NC(=O)c2ccccc2)c1.O=C(Cc1ccc(NC(=O)c2ccc(-c3ccc(Cl)cc3Cl)o2)cc1)c1ccco1. The lowest BCUT2D eigenvalue weighted by molar-refractivity contribution is -0.146. The average molecular weight is 1710 g/mol. The van der Waals surface area contributed by atoms with Gasteiger partial charge in [-0.1, -0.05) is 180 Å². The van der Waals surface area contributed by atoms with Gasteiger partial charge in [0.2, 0.25) is 17.6 Å². The molecule has 22 nitrogen and oxygen atoms in total. The van der Waals surface area contributed by atoms with Crippen molar-refractivity contribution in [3.05, 3.63) is 312 Å². The second kappa shape index (κ2) is 38.8. The number of para-hydroxylation sites is 1. The molecular weight excluding hydrogens is 1620 g/mol. The summed E-state index contributed by atoms with van der Waals surface area (Å²) in [4.78, 5) is 111. The monoisotopic (exact) mass is 1710 g/mol. The minimum Gasteiger partial charge on any atom is -0.497 e. The van der Waals surface area contributed by atoms with Gasteiger partial charge in [-0.05, 0) is 184 Å². The van der Waals surface area contributed by atoms with Crippen molar-refractivity contribution in [3.8, 4) is 28.5 Å². The van der Waals surface area contributed by atoms with Crippen LogP contribution < -0.4 is 26.2 Å². The topological polar surface area (TPSA) is 304 Å². The summed E-state index contributed by atoms with van der Waals surface area (Å²) in [6.45, 7) is 9.89. The number of hydrogen-bond acceptors (Lipinski definition) is 17. The number of aromatic nitrogens is 5. The molecule has 5 aromatic heterocycles. The van der Waals surface area contributed by atoms with Crippen LogP contribution in [0.4, 0.5) is 17.1 Å². The number of fused-ring (bicyclic) bond motifs is 4. The number of amides is 4. The summed E-state index contributed by atoms with van der Waals surface area (Å²) in [5, 5.41) is 30.9. The molecule has 3 unspecified atom stereocenters. The van der Waals surface area contributed by atoms with Gasteiger partial charge >= 0.3 is 5.97 Å². The summed E-state index contributed by atoms with van der Waals surface area (Å²) < 4.78 is 23.8. The number of thioether (sulfide) groups is 2. The highest BCUT2D eigenvalue weighted by Crippen LogP contribution is 2.49. The number of carbonyl (C=O) groups is 7. The maximum Gasteiger partial charge on any atom is 0.307 e. The molecule has 1 saturated heterocycles. The highest BCUT2D eigenvalue weighted by atomic mass is 35.5. The molecule has 13 aromatic rings. The molecule has 1 fully saturated rings. The van der Waals surface area contributed by atoms with Crippen LogP contribution >= 0.6 is 46.7 Å². The number of aliphatic carboxylic acids is 1. The number of Topliss-reactive ketones (excluding diaryl/α,β-unsaturated/α-hetero) is 2. The maximum absolute atomic E-state index is 13.4. The molecule has 4 amide bonds. The molecule has 122 heavy (non-hydrogen) atoms. The van der Waals surface area contributed by atoms with Crippen molar-refractivity contribution in [2.45, 2.75) is 107 Å². The average Bonchev–Trinajstić information content (AvgIpc) is 0.933. The Morgan fingerprint density at radius 2 is 1.34 bits per heavy atom. The van der Waals surface area contributed by atoms with Gasteiger partial charge in [0.15, 0.2) is 33.4 Å². The summed E-state index contributed by atoms with van der Waals surface area (Å²) in [7, 11) is 3.51. The number of carboxylic acids is 1. The molecular formula is C96H89Cl2N9O13S2. The molecule has 5 N–H and O–H groups in total. The quantitative estimate of drug-likeness (QED) is 0.0205. The first-order valence-electron chi connectivity index (χ1n) is 40.0. The number of nitrogens with zero attached hydrogens (tertiary/aromatic N) is 5. The summed E-state index contributed by atoms with van der Waals surface area (Å²) >= 11 is 15.0. The van der Waals surface area contributed by atoms with Crippen molar-refractivity contribution in [1.82, 2.24) is 29.6 Å². The standard InChI is InChI=1S/C28H28N2O3S.C23H15Cl2NO4.C23H25N5O2S.C22H21NO4/c1-28(2)14-19-13-21-25(26(32)30-27(29-21)34-16-17-7-5-4-6-8-17)24(23(19)22(31)15-28)18-9-11-20(33-3)12-10-18;24-15-5-8-17(18(25)13-15)20-9-10-22(30-20)23(28)26-16-6-3-14(4-7-16)12-19(27)21-2-1-11-29-21;1-27-21(25-26-23(27)31-16-20(29)28-13-6-3-7-14-28)18-11-8-12-19(15-18)24-22(30)17-9-4-2-5-10-17;1-12-9-17(18(22(25)26)10-13(12)2)21(24)23-14-7-8-16-15-5-3-4-6-19(15)27-20(16)11-14/h4-12,24H,13-16H2,1-3H3,(H,29,30,32);1-11,13H,12H2,(H,26,28);2,4-5,8-12,15H,3,6-7,13-14,16H2,1H3,(H,24,30);3-8,11,17-18H,9-10H2,1-2H3,(H,23,24)(H,25,26). The van der Waals surface area contributed by atoms with Gasteiger partial charge in [0.1, 0.15) is 22.7 Å². The zero-order valence-corrected chi connectivity index (χ0v) is 71.1. The number of carbonyl (C=O) groups excluding carboxylic acids is 6. The van der Waals surface area contributed by atoms with E-state index in [9.17, 15) is 43.5 Å². The number of allylic oxidation sites excluding steroid dienone is 4. The maximum atomic E-state index is 13.4. The molecule has 8 aromatic carbocycles. The van der Waals surface area contributed by atoms with E-state index in [1.165, 1.54) is 41.8 Å².